The molecular formula is C12H17F. The summed E-state index contributed by atoms with van der Waals surface area (Å²) in [5, 5.41) is 0. The maximum atomic E-state index is 13.3. The predicted molar refractivity (Wildman–Crippen MR) is 54.5 cm³/mol. The lowest BCUT2D eigenvalue weighted by atomic mass is 10.1. The van der Waals surface area contributed by atoms with Crippen LogP contribution >= 0.6 is 0 Å². The molecule has 1 aromatic carbocycles. The van der Waals surface area contributed by atoms with Crippen LogP contribution in [0.25, 0.3) is 0 Å². The van der Waals surface area contributed by atoms with Gasteiger partial charge in [-0.05, 0) is 36.8 Å². The maximum Gasteiger partial charge on any atom is 0.129 e. The second-order valence-corrected chi connectivity index (χ2v) is 3.25. The summed E-state index contributed by atoms with van der Waals surface area (Å²) in [5.74, 6) is 0.532. The van der Waals surface area contributed by atoms with Crippen molar-refractivity contribution in [1.82, 2.24) is 0 Å². The Labute approximate surface area is 79.8 Å². The highest BCUT2D eigenvalue weighted by molar-refractivity contribution is 5.30. The molecular weight excluding hydrogens is 163 g/mol. The first-order valence-electron chi connectivity index (χ1n) is 5.04. The summed E-state index contributed by atoms with van der Waals surface area (Å²) in [6, 6.07) is 5.66. The summed E-state index contributed by atoms with van der Waals surface area (Å²) in [5.41, 5.74) is 1.69. The molecule has 0 N–H and O–H groups in total. The molecule has 0 amide bonds. The molecule has 1 saturated carbocycles. The first-order valence-corrected chi connectivity index (χ1v) is 5.04. The van der Waals surface area contributed by atoms with Crippen LogP contribution < -0.4 is 0 Å². The van der Waals surface area contributed by atoms with Crippen molar-refractivity contribution >= 4 is 0 Å². The van der Waals surface area contributed by atoms with E-state index in [9.17, 15) is 4.39 Å². The predicted octanol–water partition coefficient (Wildman–Crippen LogP) is 4.04. The normalized spacial score (nSPS) is 14.8. The monoisotopic (exact) mass is 180 g/mol. The van der Waals surface area contributed by atoms with E-state index in [1.807, 2.05) is 39.0 Å². The lowest BCUT2D eigenvalue weighted by Gasteiger charge is -2.01. The highest BCUT2D eigenvalue weighted by Crippen LogP contribution is 2.41. The Balaban J connectivity index is 0.000000396. The van der Waals surface area contributed by atoms with Crippen molar-refractivity contribution in [3.05, 3.63) is 35.1 Å². The first kappa shape index (κ1) is 10.2. The van der Waals surface area contributed by atoms with Crippen LogP contribution in [0.1, 0.15) is 43.7 Å². The summed E-state index contributed by atoms with van der Waals surface area (Å²) in [6.45, 7) is 5.82. The summed E-state index contributed by atoms with van der Waals surface area (Å²) >= 11 is 0. The fourth-order valence-electron chi connectivity index (χ4n) is 1.38. The van der Waals surface area contributed by atoms with Crippen LogP contribution in [0.2, 0.25) is 0 Å². The Kier molecular flexibility index (Phi) is 3.47. The van der Waals surface area contributed by atoms with E-state index in [1.54, 1.807) is 0 Å². The Morgan fingerprint density at radius 2 is 1.85 bits per heavy atom. The van der Waals surface area contributed by atoms with Gasteiger partial charge in [0.1, 0.15) is 5.82 Å². The fourth-order valence-corrected chi connectivity index (χ4v) is 1.38. The van der Waals surface area contributed by atoms with Crippen LogP contribution in [0.4, 0.5) is 4.39 Å². The van der Waals surface area contributed by atoms with Crippen LogP contribution in [0, 0.1) is 12.7 Å². The van der Waals surface area contributed by atoms with Crippen molar-refractivity contribution in [2.45, 2.75) is 39.5 Å². The van der Waals surface area contributed by atoms with Crippen molar-refractivity contribution < 1.29 is 4.39 Å². The number of hydrogen-bond donors (Lipinski definition) is 0. The zero-order valence-corrected chi connectivity index (χ0v) is 8.60. The van der Waals surface area contributed by atoms with E-state index in [0.29, 0.717) is 5.92 Å². The summed E-state index contributed by atoms with van der Waals surface area (Å²) in [6.07, 6.45) is 2.33. The molecule has 1 heteroatoms. The van der Waals surface area contributed by atoms with Gasteiger partial charge in [0, 0.05) is 0 Å². The van der Waals surface area contributed by atoms with Gasteiger partial charge >= 0.3 is 0 Å². The lowest BCUT2D eigenvalue weighted by Crippen LogP contribution is -1.89. The summed E-state index contributed by atoms with van der Waals surface area (Å²) < 4.78 is 13.3. The molecule has 1 aliphatic carbocycles. The molecule has 0 aromatic heterocycles. The standard InChI is InChI=1S/C10H11F.C2H6/c1-7-3-2-4-9(10(7)11)8-5-6-8;1-2/h2-4,8H,5-6H2,1H3;1-2H3. The molecule has 0 atom stereocenters. The van der Waals surface area contributed by atoms with Crippen molar-refractivity contribution in [2.75, 3.05) is 0 Å². The molecule has 1 aromatic rings. The van der Waals surface area contributed by atoms with E-state index < -0.39 is 0 Å². The highest BCUT2D eigenvalue weighted by atomic mass is 19.1. The number of halogens is 1. The van der Waals surface area contributed by atoms with Crippen LogP contribution in [0.15, 0.2) is 18.2 Å². The minimum Gasteiger partial charge on any atom is -0.206 e. The lowest BCUT2D eigenvalue weighted by molar-refractivity contribution is 0.602. The molecule has 72 valence electrons. The molecule has 1 fully saturated rings. The van der Waals surface area contributed by atoms with Crippen LogP contribution in [0.5, 0.6) is 0 Å². The van der Waals surface area contributed by atoms with Crippen molar-refractivity contribution in [1.29, 1.82) is 0 Å². The molecule has 2 rings (SSSR count). The third-order valence-corrected chi connectivity index (χ3v) is 2.24. The average Bonchev–Trinajstić information content (AvgIpc) is 2.97. The molecule has 0 bridgehead atoms. The number of rotatable bonds is 1. The van der Waals surface area contributed by atoms with Gasteiger partial charge in [0.05, 0.1) is 0 Å². The van der Waals surface area contributed by atoms with Gasteiger partial charge < -0.3 is 0 Å². The van der Waals surface area contributed by atoms with E-state index >= 15 is 0 Å². The maximum absolute atomic E-state index is 13.3. The minimum atomic E-state index is 0.00926. The van der Waals surface area contributed by atoms with Gasteiger partial charge in [-0.1, -0.05) is 32.0 Å². The third kappa shape index (κ3) is 2.30. The number of hydrogen-bond acceptors (Lipinski definition) is 0. The van der Waals surface area contributed by atoms with Crippen molar-refractivity contribution in [3.8, 4) is 0 Å². The zero-order chi connectivity index (χ0) is 9.84. The molecule has 0 aliphatic heterocycles. The van der Waals surface area contributed by atoms with Gasteiger partial charge in [-0.3, -0.25) is 0 Å². The molecule has 13 heavy (non-hydrogen) atoms. The Bertz CT molecular complexity index is 274. The van der Waals surface area contributed by atoms with Crippen LogP contribution in [-0.2, 0) is 0 Å². The van der Waals surface area contributed by atoms with Gasteiger partial charge in [-0.15, -0.1) is 0 Å². The van der Waals surface area contributed by atoms with E-state index in [1.165, 1.54) is 12.8 Å². The van der Waals surface area contributed by atoms with Gasteiger partial charge in [0.25, 0.3) is 0 Å². The molecule has 0 unspecified atom stereocenters. The molecule has 0 heterocycles. The fraction of sp³-hybridized carbons (Fsp3) is 0.500. The van der Waals surface area contributed by atoms with E-state index in [4.69, 9.17) is 0 Å². The summed E-state index contributed by atoms with van der Waals surface area (Å²) in [7, 11) is 0. The van der Waals surface area contributed by atoms with Gasteiger partial charge in [-0.25, -0.2) is 4.39 Å². The van der Waals surface area contributed by atoms with Crippen molar-refractivity contribution in [2.24, 2.45) is 0 Å². The molecule has 0 nitrogen and oxygen atoms in total. The third-order valence-electron chi connectivity index (χ3n) is 2.24. The quantitative estimate of drug-likeness (QED) is 0.612. The SMILES string of the molecule is CC.Cc1cccc(C2CC2)c1F. The molecule has 0 radical (unpaired) electrons. The van der Waals surface area contributed by atoms with Crippen LogP contribution in [-0.4, -0.2) is 0 Å². The van der Waals surface area contributed by atoms with Gasteiger partial charge in [0.2, 0.25) is 0 Å². The number of aryl methyl sites for hydroxylation is 1. The van der Waals surface area contributed by atoms with E-state index in [2.05, 4.69) is 0 Å². The van der Waals surface area contributed by atoms with Crippen molar-refractivity contribution in [3.63, 3.8) is 0 Å². The van der Waals surface area contributed by atoms with E-state index in [-0.39, 0.29) is 5.82 Å². The Hall–Kier alpha value is -0.850. The van der Waals surface area contributed by atoms with Crippen LogP contribution in [0.3, 0.4) is 0 Å². The second kappa shape index (κ2) is 4.40. The Morgan fingerprint density at radius 3 is 2.38 bits per heavy atom. The highest BCUT2D eigenvalue weighted by Gasteiger charge is 2.26. The van der Waals surface area contributed by atoms with Gasteiger partial charge in [-0.2, -0.15) is 0 Å². The zero-order valence-electron chi connectivity index (χ0n) is 8.60. The summed E-state index contributed by atoms with van der Waals surface area (Å²) in [4.78, 5) is 0. The smallest absolute Gasteiger partial charge is 0.129 e. The molecule has 0 spiro atoms. The second-order valence-electron chi connectivity index (χ2n) is 3.25. The number of benzene rings is 1. The van der Waals surface area contributed by atoms with E-state index in [0.717, 1.165) is 11.1 Å². The molecule has 1 aliphatic rings. The Morgan fingerprint density at radius 1 is 1.23 bits per heavy atom. The minimum absolute atomic E-state index is 0.00926. The first-order chi connectivity index (χ1) is 6.29. The largest absolute Gasteiger partial charge is 0.206 e. The molecule has 0 saturated heterocycles. The topological polar surface area (TPSA) is 0 Å². The average molecular weight is 180 g/mol. The van der Waals surface area contributed by atoms with Gasteiger partial charge in [0.15, 0.2) is 0 Å².